The average molecular weight is 391 g/mol. The summed E-state index contributed by atoms with van der Waals surface area (Å²) in [5, 5.41) is 20.8. The maximum Gasteiger partial charge on any atom is 0.130 e. The molecule has 0 aliphatic carbocycles. The maximum atomic E-state index is 10.4. The summed E-state index contributed by atoms with van der Waals surface area (Å²) in [7, 11) is 3.02. The normalized spacial score (nSPS) is 12.5. The predicted molar refractivity (Wildman–Crippen MR) is 115 cm³/mol. The van der Waals surface area contributed by atoms with Crippen LogP contribution in [0.4, 0.5) is 0 Å². The average Bonchev–Trinajstić information content (AvgIpc) is 2.46. The second-order valence-corrected chi connectivity index (χ2v) is 11.0. The number of rotatable bonds is 3. The fourth-order valence-electron chi connectivity index (χ4n) is 3.27. The van der Waals surface area contributed by atoms with Gasteiger partial charge in [-0.15, -0.1) is 0 Å². The summed E-state index contributed by atoms with van der Waals surface area (Å²) in [6, 6.07) is 7.55. The van der Waals surface area contributed by atoms with Gasteiger partial charge in [-0.2, -0.15) is 0 Å². The summed E-state index contributed by atoms with van der Waals surface area (Å²) in [6.45, 7) is 17.2. The molecular formula is C22H30O2S2. The third kappa shape index (κ3) is 4.34. The van der Waals surface area contributed by atoms with E-state index in [2.05, 4.69) is 55.4 Å². The fraction of sp³-hybridized carbons (Fsp3) is 0.455. The van der Waals surface area contributed by atoms with Gasteiger partial charge in [0, 0.05) is 0 Å². The Balaban J connectivity index is 2.42. The quantitative estimate of drug-likeness (QED) is 0.548. The van der Waals surface area contributed by atoms with E-state index >= 15 is 0 Å². The van der Waals surface area contributed by atoms with Gasteiger partial charge in [-0.3, -0.25) is 0 Å². The second kappa shape index (κ2) is 7.40. The van der Waals surface area contributed by atoms with Gasteiger partial charge < -0.3 is 10.2 Å². The van der Waals surface area contributed by atoms with Crippen LogP contribution in [0.3, 0.4) is 0 Å². The lowest BCUT2D eigenvalue weighted by atomic mass is 9.84. The first-order valence-corrected chi connectivity index (χ1v) is 11.0. The van der Waals surface area contributed by atoms with Gasteiger partial charge in [-0.25, -0.2) is 0 Å². The van der Waals surface area contributed by atoms with Crippen LogP contribution in [-0.2, 0) is 10.8 Å². The van der Waals surface area contributed by atoms with E-state index in [1.807, 2.05) is 12.1 Å². The molecule has 0 amide bonds. The third-order valence-electron chi connectivity index (χ3n) is 4.59. The van der Waals surface area contributed by atoms with Crippen molar-refractivity contribution in [3.8, 4) is 11.5 Å². The fourth-order valence-corrected chi connectivity index (χ4v) is 5.98. The van der Waals surface area contributed by atoms with Crippen molar-refractivity contribution >= 4 is 21.6 Å². The molecule has 26 heavy (non-hydrogen) atoms. The maximum absolute atomic E-state index is 10.4. The van der Waals surface area contributed by atoms with Gasteiger partial charge in [-0.1, -0.05) is 53.7 Å². The van der Waals surface area contributed by atoms with Crippen LogP contribution in [0.25, 0.3) is 0 Å². The van der Waals surface area contributed by atoms with Crippen molar-refractivity contribution < 1.29 is 10.2 Å². The molecule has 0 bridgehead atoms. The number of aromatic hydroxyl groups is 2. The molecule has 0 unspecified atom stereocenters. The Morgan fingerprint density at radius 3 is 1.19 bits per heavy atom. The first-order valence-electron chi connectivity index (χ1n) is 8.84. The molecule has 4 heteroatoms. The molecule has 2 nitrogen and oxygen atoms in total. The van der Waals surface area contributed by atoms with Crippen LogP contribution < -0.4 is 0 Å². The van der Waals surface area contributed by atoms with Crippen molar-refractivity contribution in [2.75, 3.05) is 0 Å². The Labute approximate surface area is 165 Å². The topological polar surface area (TPSA) is 40.5 Å². The summed E-state index contributed by atoms with van der Waals surface area (Å²) >= 11 is 0. The van der Waals surface area contributed by atoms with Crippen LogP contribution in [0.1, 0.15) is 63.8 Å². The number of phenols is 2. The minimum Gasteiger partial charge on any atom is -0.507 e. The Kier molecular flexibility index (Phi) is 5.99. The molecule has 0 aliphatic heterocycles. The lowest BCUT2D eigenvalue weighted by Gasteiger charge is -2.25. The second-order valence-electron chi connectivity index (χ2n) is 8.84. The van der Waals surface area contributed by atoms with Gasteiger partial charge in [0.2, 0.25) is 0 Å². The third-order valence-corrected chi connectivity index (χ3v) is 7.29. The molecule has 0 saturated heterocycles. The van der Waals surface area contributed by atoms with E-state index in [1.165, 1.54) is 32.7 Å². The van der Waals surface area contributed by atoms with Crippen molar-refractivity contribution in [1.82, 2.24) is 0 Å². The van der Waals surface area contributed by atoms with Gasteiger partial charge in [0.25, 0.3) is 0 Å². The molecule has 2 aromatic carbocycles. The number of hydrogen-bond donors (Lipinski definition) is 2. The predicted octanol–water partition coefficient (Wildman–Crippen LogP) is 7.11. The highest BCUT2D eigenvalue weighted by Gasteiger charge is 2.23. The molecule has 2 N–H and O–H groups in total. The van der Waals surface area contributed by atoms with Crippen LogP contribution >= 0.6 is 21.6 Å². The summed E-state index contributed by atoms with van der Waals surface area (Å²) in [5.74, 6) is 0.578. The van der Waals surface area contributed by atoms with E-state index in [9.17, 15) is 10.2 Å². The molecule has 0 heterocycles. The van der Waals surface area contributed by atoms with E-state index in [4.69, 9.17) is 0 Å². The minimum atomic E-state index is 0.0158. The summed E-state index contributed by atoms with van der Waals surface area (Å²) in [4.78, 5) is 1.73. The molecule has 0 radical (unpaired) electrons. The van der Waals surface area contributed by atoms with Gasteiger partial charge in [0.05, 0.1) is 9.79 Å². The van der Waals surface area contributed by atoms with Gasteiger partial charge in [-0.05, 0) is 80.7 Å². The highest BCUT2D eigenvalue weighted by molar-refractivity contribution is 8.76. The highest BCUT2D eigenvalue weighted by Crippen LogP contribution is 2.49. The van der Waals surface area contributed by atoms with Crippen LogP contribution in [0.5, 0.6) is 11.5 Å². The van der Waals surface area contributed by atoms with E-state index in [1.54, 1.807) is 12.1 Å². The standard InChI is InChI=1S/C22H30O2S2/c1-13-15(21(3,4)5)9-11-17(23)19(13)25-26-20-14(2)16(22(6,7)8)10-12-18(20)24/h9-12,23-24H,1-8H3. The SMILES string of the molecule is Cc1c(C(C)(C)C)ccc(O)c1SSc1c(O)ccc(C(C)(C)C)c1C. The van der Waals surface area contributed by atoms with Crippen molar-refractivity contribution in [1.29, 1.82) is 0 Å². The minimum absolute atomic E-state index is 0.0158. The lowest BCUT2D eigenvalue weighted by molar-refractivity contribution is 0.458. The van der Waals surface area contributed by atoms with Gasteiger partial charge >= 0.3 is 0 Å². The number of hydrogen-bond acceptors (Lipinski definition) is 4. The van der Waals surface area contributed by atoms with Gasteiger partial charge in [0.15, 0.2) is 0 Å². The van der Waals surface area contributed by atoms with E-state index in [-0.39, 0.29) is 22.3 Å². The molecule has 0 aromatic heterocycles. The Morgan fingerprint density at radius 2 is 0.923 bits per heavy atom. The highest BCUT2D eigenvalue weighted by atomic mass is 33.1. The molecule has 0 spiro atoms. The lowest BCUT2D eigenvalue weighted by Crippen LogP contribution is -2.13. The monoisotopic (exact) mass is 390 g/mol. The van der Waals surface area contributed by atoms with Crippen LogP contribution in [0.15, 0.2) is 34.1 Å². The van der Waals surface area contributed by atoms with E-state index < -0.39 is 0 Å². The van der Waals surface area contributed by atoms with Crippen molar-refractivity contribution in [3.63, 3.8) is 0 Å². The molecule has 142 valence electrons. The zero-order valence-electron chi connectivity index (χ0n) is 17.0. The summed E-state index contributed by atoms with van der Waals surface area (Å²) < 4.78 is 0. The molecule has 0 fully saturated rings. The van der Waals surface area contributed by atoms with Crippen molar-refractivity contribution in [2.45, 2.75) is 76.0 Å². The van der Waals surface area contributed by atoms with Crippen molar-refractivity contribution in [2.24, 2.45) is 0 Å². The molecule has 0 aliphatic rings. The van der Waals surface area contributed by atoms with Crippen molar-refractivity contribution in [3.05, 3.63) is 46.5 Å². The number of phenolic OH excluding ortho intramolecular Hbond substituents is 2. The molecule has 2 aromatic rings. The van der Waals surface area contributed by atoms with E-state index in [0.29, 0.717) is 0 Å². The summed E-state index contributed by atoms with van der Waals surface area (Å²) in [6.07, 6.45) is 0. The zero-order valence-corrected chi connectivity index (χ0v) is 18.7. The molecular weight excluding hydrogens is 360 g/mol. The van der Waals surface area contributed by atoms with Gasteiger partial charge in [0.1, 0.15) is 11.5 Å². The number of benzene rings is 2. The van der Waals surface area contributed by atoms with E-state index in [0.717, 1.165) is 20.9 Å². The first-order chi connectivity index (χ1) is 11.8. The summed E-state index contributed by atoms with van der Waals surface area (Å²) in [5.41, 5.74) is 4.67. The Hall–Kier alpha value is -1.26. The van der Waals surface area contributed by atoms with Crippen LogP contribution in [0, 0.1) is 13.8 Å². The van der Waals surface area contributed by atoms with Crippen LogP contribution in [0.2, 0.25) is 0 Å². The Morgan fingerprint density at radius 1 is 0.615 bits per heavy atom. The first kappa shape index (κ1) is 21.0. The van der Waals surface area contributed by atoms with Crippen LogP contribution in [-0.4, -0.2) is 10.2 Å². The molecule has 0 saturated carbocycles. The molecule has 2 rings (SSSR count). The zero-order chi connectivity index (χ0) is 19.9. The molecule has 0 atom stereocenters. The largest absolute Gasteiger partial charge is 0.507 e. The smallest absolute Gasteiger partial charge is 0.130 e. The Bertz CT molecular complexity index is 743.